The molecule has 0 fully saturated rings. The zero-order valence-corrected chi connectivity index (χ0v) is 8.67. The number of hydrogen-bond acceptors (Lipinski definition) is 1. The van der Waals surface area contributed by atoms with Gasteiger partial charge in [0, 0.05) is 6.61 Å². The van der Waals surface area contributed by atoms with Gasteiger partial charge in [0.05, 0.1) is 5.56 Å². The van der Waals surface area contributed by atoms with Gasteiger partial charge in [-0.2, -0.15) is 13.2 Å². The molecular weight excluding hydrogens is 217 g/mol. The van der Waals surface area contributed by atoms with Crippen molar-refractivity contribution in [1.29, 1.82) is 0 Å². The van der Waals surface area contributed by atoms with Gasteiger partial charge in [-0.15, -0.1) is 0 Å². The Bertz CT molecular complexity index is 356. The van der Waals surface area contributed by atoms with Crippen LogP contribution in [0.15, 0.2) is 30.3 Å². The zero-order chi connectivity index (χ0) is 12.0. The molecule has 1 aromatic carbocycles. The summed E-state index contributed by atoms with van der Waals surface area (Å²) < 4.78 is 37.1. The van der Waals surface area contributed by atoms with Crippen molar-refractivity contribution in [3.05, 3.63) is 41.5 Å². The normalized spacial score (nSPS) is 12.2. The summed E-state index contributed by atoms with van der Waals surface area (Å²) in [6.45, 7) is 0.0902. The van der Waals surface area contributed by atoms with Crippen LogP contribution in [-0.4, -0.2) is 11.7 Å². The lowest BCUT2D eigenvalue weighted by Crippen LogP contribution is -2.04. The highest BCUT2D eigenvalue weighted by atomic mass is 19.4. The van der Waals surface area contributed by atoms with Crippen molar-refractivity contribution in [3.63, 3.8) is 0 Å². The second kappa shape index (κ2) is 5.70. The maximum absolute atomic E-state index is 12.4. The first-order valence-corrected chi connectivity index (χ1v) is 4.98. The third-order valence-corrected chi connectivity index (χ3v) is 2.05. The molecule has 0 amide bonds. The van der Waals surface area contributed by atoms with Crippen LogP contribution < -0.4 is 0 Å². The molecule has 0 saturated carbocycles. The van der Waals surface area contributed by atoms with Crippen LogP contribution in [0.25, 0.3) is 6.08 Å². The third-order valence-electron chi connectivity index (χ3n) is 2.05. The SMILES string of the molecule is OCCC/C=C/c1cccc(C(F)(F)F)c1. The molecule has 0 aromatic heterocycles. The Morgan fingerprint density at radius 1 is 1.25 bits per heavy atom. The molecule has 1 rings (SSSR count). The van der Waals surface area contributed by atoms with Gasteiger partial charge in [0.1, 0.15) is 0 Å². The monoisotopic (exact) mass is 230 g/mol. The number of aliphatic hydroxyl groups excluding tert-OH is 1. The highest BCUT2D eigenvalue weighted by molar-refractivity contribution is 5.50. The molecule has 0 aliphatic carbocycles. The minimum atomic E-state index is -4.30. The standard InChI is InChI=1S/C12H13F3O/c13-12(14,15)11-7-4-6-10(9-11)5-2-1-3-8-16/h2,4-7,9,16H,1,3,8H2/b5-2+. The molecule has 1 aromatic rings. The lowest BCUT2D eigenvalue weighted by molar-refractivity contribution is -0.137. The van der Waals surface area contributed by atoms with Crippen LogP contribution in [0.5, 0.6) is 0 Å². The van der Waals surface area contributed by atoms with Crippen LogP contribution in [0.4, 0.5) is 13.2 Å². The first-order chi connectivity index (χ1) is 7.54. The van der Waals surface area contributed by atoms with E-state index < -0.39 is 11.7 Å². The molecule has 0 aliphatic rings. The zero-order valence-electron chi connectivity index (χ0n) is 8.67. The molecule has 0 saturated heterocycles. The van der Waals surface area contributed by atoms with E-state index in [-0.39, 0.29) is 6.61 Å². The summed E-state index contributed by atoms with van der Waals surface area (Å²) in [5, 5.41) is 8.53. The van der Waals surface area contributed by atoms with Crippen LogP contribution in [0.1, 0.15) is 24.0 Å². The molecule has 0 spiro atoms. The second-order valence-electron chi connectivity index (χ2n) is 3.39. The maximum Gasteiger partial charge on any atom is 0.416 e. The minimum absolute atomic E-state index is 0.0902. The Hall–Kier alpha value is -1.29. The van der Waals surface area contributed by atoms with Gasteiger partial charge in [0.15, 0.2) is 0 Å². The Morgan fingerprint density at radius 2 is 2.00 bits per heavy atom. The number of benzene rings is 1. The molecular formula is C12H13F3O. The Morgan fingerprint density at radius 3 is 2.62 bits per heavy atom. The van der Waals surface area contributed by atoms with Gasteiger partial charge in [0.25, 0.3) is 0 Å². The summed E-state index contributed by atoms with van der Waals surface area (Å²) in [6, 6.07) is 5.15. The molecule has 0 radical (unpaired) electrons. The molecule has 1 nitrogen and oxygen atoms in total. The predicted molar refractivity (Wildman–Crippen MR) is 56.8 cm³/mol. The van der Waals surface area contributed by atoms with E-state index in [1.807, 2.05) is 0 Å². The van der Waals surface area contributed by atoms with Gasteiger partial charge in [-0.3, -0.25) is 0 Å². The minimum Gasteiger partial charge on any atom is -0.396 e. The van der Waals surface area contributed by atoms with Crippen molar-refractivity contribution in [2.24, 2.45) is 0 Å². The summed E-state index contributed by atoms with van der Waals surface area (Å²) in [7, 11) is 0. The second-order valence-corrected chi connectivity index (χ2v) is 3.39. The molecule has 0 aliphatic heterocycles. The lowest BCUT2D eigenvalue weighted by Gasteiger charge is -2.06. The molecule has 1 N–H and O–H groups in total. The number of hydrogen-bond donors (Lipinski definition) is 1. The van der Waals surface area contributed by atoms with Crippen LogP contribution in [0, 0.1) is 0 Å². The Kier molecular flexibility index (Phi) is 4.55. The molecule has 0 bridgehead atoms. The highest BCUT2D eigenvalue weighted by Gasteiger charge is 2.30. The van der Waals surface area contributed by atoms with Gasteiger partial charge < -0.3 is 5.11 Å². The van der Waals surface area contributed by atoms with Gasteiger partial charge in [-0.25, -0.2) is 0 Å². The van der Waals surface area contributed by atoms with E-state index in [1.165, 1.54) is 6.07 Å². The van der Waals surface area contributed by atoms with Gasteiger partial charge in [-0.1, -0.05) is 24.3 Å². The average molecular weight is 230 g/mol. The first kappa shape index (κ1) is 12.8. The summed E-state index contributed by atoms with van der Waals surface area (Å²) in [5.74, 6) is 0. The lowest BCUT2D eigenvalue weighted by atomic mass is 10.1. The highest BCUT2D eigenvalue weighted by Crippen LogP contribution is 2.29. The Balaban J connectivity index is 2.71. The fraction of sp³-hybridized carbons (Fsp3) is 0.333. The molecule has 0 heterocycles. The average Bonchev–Trinajstić information content (AvgIpc) is 2.24. The third kappa shape index (κ3) is 4.06. The van der Waals surface area contributed by atoms with Crippen molar-refractivity contribution in [1.82, 2.24) is 0 Å². The summed E-state index contributed by atoms with van der Waals surface area (Å²) in [4.78, 5) is 0. The van der Waals surface area contributed by atoms with E-state index in [4.69, 9.17) is 5.11 Å². The van der Waals surface area contributed by atoms with Gasteiger partial charge >= 0.3 is 6.18 Å². The fourth-order valence-electron chi connectivity index (χ4n) is 1.25. The number of aliphatic hydroxyl groups is 1. The van der Waals surface area contributed by atoms with E-state index in [9.17, 15) is 13.2 Å². The quantitative estimate of drug-likeness (QED) is 0.785. The fourth-order valence-corrected chi connectivity index (χ4v) is 1.25. The molecule has 0 unspecified atom stereocenters. The van der Waals surface area contributed by atoms with E-state index in [1.54, 1.807) is 18.2 Å². The van der Waals surface area contributed by atoms with E-state index >= 15 is 0 Å². The molecule has 0 atom stereocenters. The number of halogens is 3. The number of unbranched alkanes of at least 4 members (excludes halogenated alkanes) is 1. The number of rotatable bonds is 4. The summed E-state index contributed by atoms with van der Waals surface area (Å²) in [5.41, 5.74) is -0.121. The number of alkyl halides is 3. The van der Waals surface area contributed by atoms with Crippen LogP contribution >= 0.6 is 0 Å². The predicted octanol–water partition coefficient (Wildman–Crippen LogP) is 3.49. The topological polar surface area (TPSA) is 20.2 Å². The van der Waals surface area contributed by atoms with Crippen LogP contribution in [0.3, 0.4) is 0 Å². The smallest absolute Gasteiger partial charge is 0.396 e. The van der Waals surface area contributed by atoms with Gasteiger partial charge in [-0.05, 0) is 30.5 Å². The van der Waals surface area contributed by atoms with Gasteiger partial charge in [0.2, 0.25) is 0 Å². The van der Waals surface area contributed by atoms with Crippen molar-refractivity contribution in [3.8, 4) is 0 Å². The van der Waals surface area contributed by atoms with Crippen molar-refractivity contribution >= 4 is 6.08 Å². The van der Waals surface area contributed by atoms with E-state index in [0.717, 1.165) is 12.1 Å². The van der Waals surface area contributed by atoms with Crippen LogP contribution in [-0.2, 0) is 6.18 Å². The summed E-state index contributed by atoms with van der Waals surface area (Å²) >= 11 is 0. The molecule has 88 valence electrons. The largest absolute Gasteiger partial charge is 0.416 e. The molecule has 16 heavy (non-hydrogen) atoms. The van der Waals surface area contributed by atoms with E-state index in [0.29, 0.717) is 18.4 Å². The number of allylic oxidation sites excluding steroid dienone is 1. The van der Waals surface area contributed by atoms with E-state index in [2.05, 4.69) is 0 Å². The first-order valence-electron chi connectivity index (χ1n) is 4.98. The maximum atomic E-state index is 12.4. The van der Waals surface area contributed by atoms with Crippen molar-refractivity contribution < 1.29 is 18.3 Å². The van der Waals surface area contributed by atoms with Crippen molar-refractivity contribution in [2.45, 2.75) is 19.0 Å². The van der Waals surface area contributed by atoms with Crippen LogP contribution in [0.2, 0.25) is 0 Å². The summed E-state index contributed by atoms with van der Waals surface area (Å²) in [6.07, 6.45) is 0.369. The van der Waals surface area contributed by atoms with Crippen molar-refractivity contribution in [2.75, 3.05) is 6.61 Å². The Labute approximate surface area is 92.2 Å². The molecule has 4 heteroatoms.